The summed E-state index contributed by atoms with van der Waals surface area (Å²) >= 11 is 0. The number of rotatable bonds is 8. The predicted molar refractivity (Wildman–Crippen MR) is 66.9 cm³/mol. The van der Waals surface area contributed by atoms with Crippen LogP contribution in [0.5, 0.6) is 0 Å². The van der Waals surface area contributed by atoms with Crippen molar-refractivity contribution in [3.63, 3.8) is 0 Å². The van der Waals surface area contributed by atoms with Crippen LogP contribution in [0.4, 0.5) is 0 Å². The van der Waals surface area contributed by atoms with Gasteiger partial charge in [-0.1, -0.05) is 0 Å². The standard InChI is InChI=1S/C12H21NO6/c1-6-17-9(14)8-19-10(12(15)18-7-2)11(16-5)13(3)4/h6-8H2,1-5H3/b11-10+. The molecular weight excluding hydrogens is 254 g/mol. The van der Waals surface area contributed by atoms with Crippen LogP contribution in [0.1, 0.15) is 13.8 Å². The lowest BCUT2D eigenvalue weighted by Gasteiger charge is -2.19. The fourth-order valence-electron chi connectivity index (χ4n) is 1.22. The van der Waals surface area contributed by atoms with Gasteiger partial charge >= 0.3 is 11.9 Å². The van der Waals surface area contributed by atoms with Gasteiger partial charge in [-0.05, 0) is 13.8 Å². The summed E-state index contributed by atoms with van der Waals surface area (Å²) in [5, 5.41) is 0. The van der Waals surface area contributed by atoms with Crippen molar-refractivity contribution >= 4 is 11.9 Å². The van der Waals surface area contributed by atoms with E-state index in [2.05, 4.69) is 0 Å². The molecule has 110 valence electrons. The van der Waals surface area contributed by atoms with E-state index in [4.69, 9.17) is 18.9 Å². The first-order valence-electron chi connectivity index (χ1n) is 5.88. The largest absolute Gasteiger partial charge is 0.480 e. The number of carbonyl (C=O) groups excluding carboxylic acids is 2. The van der Waals surface area contributed by atoms with Crippen molar-refractivity contribution in [2.75, 3.05) is 41.0 Å². The van der Waals surface area contributed by atoms with Crippen LogP contribution in [-0.4, -0.2) is 57.9 Å². The van der Waals surface area contributed by atoms with Gasteiger partial charge in [-0.3, -0.25) is 0 Å². The predicted octanol–water partition coefficient (Wildman–Crippen LogP) is 0.506. The summed E-state index contributed by atoms with van der Waals surface area (Å²) in [6.07, 6.45) is 0. The number of ether oxygens (including phenoxy) is 4. The fraction of sp³-hybridized carbons (Fsp3) is 0.667. The van der Waals surface area contributed by atoms with Crippen LogP contribution in [0.2, 0.25) is 0 Å². The monoisotopic (exact) mass is 275 g/mol. The fourth-order valence-corrected chi connectivity index (χ4v) is 1.22. The molecule has 0 fully saturated rings. The molecule has 0 aromatic rings. The summed E-state index contributed by atoms with van der Waals surface area (Å²) in [6.45, 7) is 3.40. The molecule has 7 nitrogen and oxygen atoms in total. The third-order valence-electron chi connectivity index (χ3n) is 1.89. The minimum absolute atomic E-state index is 0.164. The number of esters is 2. The number of nitrogens with zero attached hydrogens (tertiary/aromatic N) is 1. The average molecular weight is 275 g/mol. The van der Waals surface area contributed by atoms with Crippen LogP contribution in [0.15, 0.2) is 11.6 Å². The second-order valence-electron chi connectivity index (χ2n) is 3.55. The molecule has 0 unspecified atom stereocenters. The number of carbonyl (C=O) groups is 2. The quantitative estimate of drug-likeness (QED) is 0.363. The first kappa shape index (κ1) is 17.1. The molecule has 0 aromatic carbocycles. The van der Waals surface area contributed by atoms with E-state index in [-0.39, 0.29) is 31.5 Å². The molecule has 0 saturated heterocycles. The molecule has 0 spiro atoms. The van der Waals surface area contributed by atoms with Gasteiger partial charge in [0.25, 0.3) is 5.76 Å². The van der Waals surface area contributed by atoms with E-state index in [1.807, 2.05) is 0 Å². The normalized spacial score (nSPS) is 11.2. The zero-order valence-electron chi connectivity index (χ0n) is 12.0. The van der Waals surface area contributed by atoms with Gasteiger partial charge in [0.05, 0.1) is 20.3 Å². The second-order valence-corrected chi connectivity index (χ2v) is 3.55. The number of hydrogen-bond acceptors (Lipinski definition) is 7. The van der Waals surface area contributed by atoms with Crippen molar-refractivity contribution in [3.05, 3.63) is 11.6 Å². The van der Waals surface area contributed by atoms with E-state index in [0.717, 1.165) is 0 Å². The van der Waals surface area contributed by atoms with Gasteiger partial charge in [0.2, 0.25) is 5.88 Å². The van der Waals surface area contributed by atoms with Crippen LogP contribution in [0, 0.1) is 0 Å². The highest BCUT2D eigenvalue weighted by Gasteiger charge is 2.23. The average Bonchev–Trinajstić information content (AvgIpc) is 2.34. The van der Waals surface area contributed by atoms with Crippen LogP contribution in [-0.2, 0) is 28.5 Å². The van der Waals surface area contributed by atoms with Gasteiger partial charge in [0.15, 0.2) is 6.61 Å². The van der Waals surface area contributed by atoms with Crippen LogP contribution in [0.3, 0.4) is 0 Å². The van der Waals surface area contributed by atoms with Crippen LogP contribution in [0.25, 0.3) is 0 Å². The minimum atomic E-state index is -0.697. The first-order chi connectivity index (χ1) is 8.97. The van der Waals surface area contributed by atoms with E-state index >= 15 is 0 Å². The zero-order chi connectivity index (χ0) is 14.8. The van der Waals surface area contributed by atoms with E-state index in [1.54, 1.807) is 27.9 Å². The third-order valence-corrected chi connectivity index (χ3v) is 1.89. The van der Waals surface area contributed by atoms with E-state index in [9.17, 15) is 9.59 Å². The summed E-state index contributed by atoms with van der Waals surface area (Å²) in [7, 11) is 4.74. The van der Waals surface area contributed by atoms with E-state index in [0.29, 0.717) is 0 Å². The van der Waals surface area contributed by atoms with Gasteiger partial charge < -0.3 is 23.8 Å². The molecule has 0 aliphatic carbocycles. The van der Waals surface area contributed by atoms with Crippen molar-refractivity contribution in [2.45, 2.75) is 13.8 Å². The van der Waals surface area contributed by atoms with Crippen LogP contribution >= 0.6 is 0 Å². The van der Waals surface area contributed by atoms with Crippen molar-refractivity contribution in [1.29, 1.82) is 0 Å². The molecule has 0 aliphatic rings. The molecule has 0 saturated carbocycles. The molecule has 0 aliphatic heterocycles. The van der Waals surface area contributed by atoms with Gasteiger partial charge in [-0.15, -0.1) is 0 Å². The Labute approximate surface area is 113 Å². The molecule has 7 heteroatoms. The smallest absolute Gasteiger partial charge is 0.379 e. The molecular formula is C12H21NO6. The molecule has 0 bridgehead atoms. The maximum atomic E-state index is 11.8. The van der Waals surface area contributed by atoms with Gasteiger partial charge in [-0.25, -0.2) is 9.59 Å². The minimum Gasteiger partial charge on any atom is -0.480 e. The Morgan fingerprint density at radius 2 is 1.58 bits per heavy atom. The van der Waals surface area contributed by atoms with Crippen molar-refractivity contribution in [1.82, 2.24) is 4.90 Å². The maximum absolute atomic E-state index is 11.8. The highest BCUT2D eigenvalue weighted by molar-refractivity contribution is 5.87. The molecule has 0 atom stereocenters. The highest BCUT2D eigenvalue weighted by atomic mass is 16.6. The SMILES string of the molecule is CCOC(=O)CO/C(C(=O)OCC)=C(/OC)N(C)C. The van der Waals surface area contributed by atoms with Gasteiger partial charge in [0, 0.05) is 14.1 Å². The van der Waals surface area contributed by atoms with Crippen LogP contribution < -0.4 is 0 Å². The zero-order valence-corrected chi connectivity index (χ0v) is 12.0. The van der Waals surface area contributed by atoms with Crippen molar-refractivity contribution in [2.24, 2.45) is 0 Å². The molecule has 0 rings (SSSR count). The Morgan fingerprint density at radius 3 is 2.00 bits per heavy atom. The molecule has 0 aromatic heterocycles. The lowest BCUT2D eigenvalue weighted by molar-refractivity contribution is -0.150. The highest BCUT2D eigenvalue weighted by Crippen LogP contribution is 2.12. The van der Waals surface area contributed by atoms with Crippen molar-refractivity contribution in [3.8, 4) is 0 Å². The molecule has 0 N–H and O–H groups in total. The third kappa shape index (κ3) is 5.98. The summed E-state index contributed by atoms with van der Waals surface area (Å²) in [5.41, 5.74) is 0. The second kappa shape index (κ2) is 9.07. The number of hydrogen-bond donors (Lipinski definition) is 0. The van der Waals surface area contributed by atoms with Gasteiger partial charge in [0.1, 0.15) is 0 Å². The summed E-state index contributed by atoms with van der Waals surface area (Å²) in [6, 6.07) is 0. The Morgan fingerprint density at radius 1 is 1.00 bits per heavy atom. The summed E-state index contributed by atoms with van der Waals surface area (Å²) in [4.78, 5) is 24.5. The Balaban J connectivity index is 4.96. The Kier molecular flexibility index (Phi) is 8.15. The lowest BCUT2D eigenvalue weighted by Crippen LogP contribution is -2.24. The molecule has 0 amide bonds. The summed E-state index contributed by atoms with van der Waals surface area (Å²) < 4.78 is 19.8. The molecule has 19 heavy (non-hydrogen) atoms. The molecule has 0 radical (unpaired) electrons. The first-order valence-corrected chi connectivity index (χ1v) is 5.88. The van der Waals surface area contributed by atoms with Crippen molar-refractivity contribution < 1.29 is 28.5 Å². The molecule has 0 heterocycles. The number of methoxy groups -OCH3 is 1. The lowest BCUT2D eigenvalue weighted by atomic mass is 10.4. The Hall–Kier alpha value is -1.92. The topological polar surface area (TPSA) is 74.3 Å². The van der Waals surface area contributed by atoms with Gasteiger partial charge in [-0.2, -0.15) is 0 Å². The van der Waals surface area contributed by atoms with E-state index in [1.165, 1.54) is 12.0 Å². The maximum Gasteiger partial charge on any atom is 0.379 e. The Bertz CT molecular complexity index is 337. The summed E-state index contributed by atoms with van der Waals surface area (Å²) in [5.74, 6) is -1.26. The van der Waals surface area contributed by atoms with E-state index < -0.39 is 11.9 Å².